The zero-order valence-electron chi connectivity index (χ0n) is 15.9. The minimum absolute atomic E-state index is 0. The summed E-state index contributed by atoms with van der Waals surface area (Å²) in [5, 5.41) is 16.8. The Morgan fingerprint density at radius 2 is 1.33 bits per heavy atom. The Morgan fingerprint density at radius 1 is 0.917 bits per heavy atom. The van der Waals surface area contributed by atoms with Crippen molar-refractivity contribution in [3.8, 4) is 0 Å². The third-order valence-corrected chi connectivity index (χ3v) is 4.18. The van der Waals surface area contributed by atoms with E-state index in [2.05, 4.69) is 45.4 Å². The average molecular weight is 363 g/mol. The molecule has 24 heavy (non-hydrogen) atoms. The van der Waals surface area contributed by atoms with Gasteiger partial charge in [0.1, 0.15) is 6.42 Å². The second-order valence-electron chi connectivity index (χ2n) is 7.35. The molecule has 4 nitrogen and oxygen atoms in total. The first-order chi connectivity index (χ1) is 10.6. The van der Waals surface area contributed by atoms with Crippen molar-refractivity contribution in [1.29, 1.82) is 0 Å². The van der Waals surface area contributed by atoms with Crippen LogP contribution in [0, 0.1) is 11.3 Å². The van der Waals surface area contributed by atoms with Gasteiger partial charge < -0.3 is 10.2 Å². The van der Waals surface area contributed by atoms with Crippen LogP contribution >= 0.6 is 0 Å². The number of carbonyl (C=O) groups is 2. The van der Waals surface area contributed by atoms with Crippen molar-refractivity contribution in [1.82, 2.24) is 0 Å². The molecular weight excluding hydrogens is 326 g/mol. The van der Waals surface area contributed by atoms with Crippen LogP contribution in [0.15, 0.2) is 0 Å². The molecule has 0 radical (unpaired) electrons. The molecule has 0 aromatic rings. The van der Waals surface area contributed by atoms with Gasteiger partial charge in [0.15, 0.2) is 0 Å². The quantitative estimate of drug-likeness (QED) is 0.327. The van der Waals surface area contributed by atoms with Crippen LogP contribution in [0.5, 0.6) is 0 Å². The van der Waals surface area contributed by atoms with Crippen LogP contribution in [0.3, 0.4) is 0 Å². The standard InChI is InChI=1S/C15H31.C3H4O4.K.Li.H/c1-6-7-8-9-10-11-12-13-14(2)15(3,4)5;4-2(5)1-3(6)7;;;/h14H,2,6-13H2,1,3-5H3;1H2,(H,4,5)(H,6,7);;;. The average Bonchev–Trinajstić information content (AvgIpc) is 2.39. The zero-order valence-corrected chi connectivity index (χ0v) is 15.9. The molecule has 0 rings (SSSR count). The van der Waals surface area contributed by atoms with Crippen LogP contribution in [-0.2, 0) is 9.59 Å². The number of hydrogen-bond acceptors (Lipinski definition) is 2. The molecule has 0 amide bonds. The van der Waals surface area contributed by atoms with Gasteiger partial charge in [0, 0.05) is 0 Å². The van der Waals surface area contributed by atoms with Gasteiger partial charge in [-0.1, -0.05) is 0 Å². The number of carboxylic acid groups (broad SMARTS) is 2. The predicted octanol–water partition coefficient (Wildman–Crippen LogP) is 4.27. The molecule has 2 N–H and O–H groups in total. The second kappa shape index (κ2) is 18.9. The van der Waals surface area contributed by atoms with Gasteiger partial charge in [-0.25, -0.2) is 0 Å². The molecule has 0 aliphatic carbocycles. The van der Waals surface area contributed by atoms with Crippen molar-refractivity contribution in [2.24, 2.45) is 11.3 Å². The van der Waals surface area contributed by atoms with E-state index in [-0.39, 0.29) is 51.4 Å². The van der Waals surface area contributed by atoms with Gasteiger partial charge in [-0.15, -0.1) is 0 Å². The molecule has 6 heteroatoms. The number of unbranched alkanes of at least 4 members (excludes halogenated alkanes) is 6. The Bertz CT molecular complexity index is 305. The second-order valence-corrected chi connectivity index (χ2v) is 7.35. The molecule has 0 spiro atoms. The molecule has 0 bridgehead atoms. The van der Waals surface area contributed by atoms with E-state index in [0.29, 0.717) is 5.41 Å². The van der Waals surface area contributed by atoms with Crippen LogP contribution in [0.25, 0.3) is 0 Å². The summed E-state index contributed by atoms with van der Waals surface area (Å²) < 4.78 is 0. The Labute approximate surface area is 200 Å². The molecule has 0 saturated carbocycles. The van der Waals surface area contributed by atoms with E-state index in [1.165, 1.54) is 56.5 Å². The van der Waals surface area contributed by atoms with E-state index in [0.717, 1.165) is 5.92 Å². The first-order valence-electron chi connectivity index (χ1n) is 9.08. The Hall–Kier alpha value is 1.17. The first-order valence-corrected chi connectivity index (χ1v) is 9.08. The normalized spacial score (nSPS) is 11.8. The summed E-state index contributed by atoms with van der Waals surface area (Å²) >= 11 is 2.34. The molecule has 0 aliphatic rings. The topological polar surface area (TPSA) is 74.6 Å². The first kappa shape index (κ1) is 29.9. The van der Waals surface area contributed by atoms with Crippen LogP contribution < -0.4 is 0 Å². The van der Waals surface area contributed by atoms with E-state index in [1.54, 1.807) is 0 Å². The van der Waals surface area contributed by atoms with Gasteiger partial charge in [-0.05, 0) is 0 Å². The summed E-state index contributed by atoms with van der Waals surface area (Å²) in [5.41, 5.74) is 0.511. The van der Waals surface area contributed by atoms with Crippen LogP contribution in [-0.4, -0.2) is 91.3 Å². The third kappa shape index (κ3) is 23.2. The van der Waals surface area contributed by atoms with Gasteiger partial charge in [0.05, 0.1) is 0 Å². The summed E-state index contributed by atoms with van der Waals surface area (Å²) in [6.45, 7) is 9.46. The van der Waals surface area contributed by atoms with E-state index >= 15 is 0 Å². The van der Waals surface area contributed by atoms with Crippen LogP contribution in [0.4, 0.5) is 0 Å². The van der Waals surface area contributed by atoms with Gasteiger partial charge in [-0.3, -0.25) is 9.59 Å². The van der Waals surface area contributed by atoms with E-state index < -0.39 is 18.4 Å². The molecule has 0 aliphatic heterocycles. The Morgan fingerprint density at radius 3 is 1.62 bits per heavy atom. The van der Waals surface area contributed by atoms with Gasteiger partial charge in [0.25, 0.3) is 0 Å². The molecular formula is C18H36KLiO4. The maximum absolute atomic E-state index is 9.43. The fraction of sp³-hybridized carbons (Fsp3) is 0.889. The van der Waals surface area contributed by atoms with Gasteiger partial charge in [0.2, 0.25) is 0 Å². The van der Waals surface area contributed by atoms with Gasteiger partial charge >= 0.3 is 177 Å². The van der Waals surface area contributed by atoms with Crippen LogP contribution in [0.2, 0.25) is 5.09 Å². The Kier molecular flexibility index (Phi) is 23.6. The minimum atomic E-state index is -1.31. The van der Waals surface area contributed by atoms with E-state index in [9.17, 15) is 9.59 Å². The van der Waals surface area contributed by atoms with Crippen molar-refractivity contribution >= 4 is 81.0 Å². The van der Waals surface area contributed by atoms with Crippen molar-refractivity contribution < 1.29 is 19.8 Å². The molecule has 134 valence electrons. The molecule has 0 fully saturated rings. The predicted molar refractivity (Wildman–Crippen MR) is 103 cm³/mol. The SMILES string of the molecule is O=C(O)CC(=O)O.[KH].[Li][CH2]C(CCCCCCCCC)C(C)(C)C. The van der Waals surface area contributed by atoms with E-state index in [4.69, 9.17) is 10.2 Å². The van der Waals surface area contributed by atoms with Crippen LogP contribution in [0.1, 0.15) is 85.5 Å². The van der Waals surface area contributed by atoms with Crippen molar-refractivity contribution in [3.63, 3.8) is 0 Å². The van der Waals surface area contributed by atoms with Crippen molar-refractivity contribution in [2.75, 3.05) is 0 Å². The fourth-order valence-electron chi connectivity index (χ4n) is 2.73. The zero-order chi connectivity index (χ0) is 18.3. The number of rotatable bonds is 11. The fourth-order valence-corrected chi connectivity index (χ4v) is 2.73. The van der Waals surface area contributed by atoms with Crippen molar-refractivity contribution in [2.45, 2.75) is 90.6 Å². The summed E-state index contributed by atoms with van der Waals surface area (Å²) in [6.07, 6.45) is 10.7. The van der Waals surface area contributed by atoms with Crippen molar-refractivity contribution in [3.05, 3.63) is 0 Å². The monoisotopic (exact) mass is 362 g/mol. The molecule has 0 aromatic carbocycles. The molecule has 0 saturated heterocycles. The summed E-state index contributed by atoms with van der Waals surface area (Å²) in [6, 6.07) is 0. The number of hydrogen-bond donors (Lipinski definition) is 2. The molecule has 1 unspecified atom stereocenters. The van der Waals surface area contributed by atoms with Gasteiger partial charge in [-0.2, -0.15) is 0 Å². The van der Waals surface area contributed by atoms with E-state index in [1.807, 2.05) is 0 Å². The molecule has 0 aromatic heterocycles. The number of aliphatic carboxylic acids is 2. The summed E-state index contributed by atoms with van der Waals surface area (Å²) in [5.74, 6) is -1.71. The molecule has 1 atom stereocenters. The summed E-state index contributed by atoms with van der Waals surface area (Å²) in [4.78, 5) is 18.9. The summed E-state index contributed by atoms with van der Waals surface area (Å²) in [7, 11) is 0. The maximum atomic E-state index is 9.43. The Balaban J connectivity index is -0.000000468. The third-order valence-electron chi connectivity index (χ3n) is 4.18. The number of carboxylic acids is 2. The molecule has 0 heterocycles.